The molecule has 0 saturated carbocycles. The van der Waals surface area contributed by atoms with E-state index in [9.17, 15) is 19.5 Å². The first-order valence-electron chi connectivity index (χ1n) is 14.0. The number of aliphatic hydroxyl groups excluding tert-OH is 1. The van der Waals surface area contributed by atoms with Crippen LogP contribution >= 0.6 is 0 Å². The predicted octanol–water partition coefficient (Wildman–Crippen LogP) is 4.56. The maximum atomic E-state index is 14.2. The first-order chi connectivity index (χ1) is 19.6. The van der Waals surface area contributed by atoms with Crippen molar-refractivity contribution in [3.8, 4) is 0 Å². The molecule has 0 aliphatic carbocycles. The van der Waals surface area contributed by atoms with Crippen molar-refractivity contribution in [3.05, 3.63) is 107 Å². The Morgan fingerprint density at radius 3 is 1.98 bits per heavy atom. The second kappa shape index (κ2) is 15.0. The Balaban J connectivity index is 1.98. The number of hydrogen-bond donors (Lipinski definition) is 3. The van der Waals surface area contributed by atoms with Gasteiger partial charge in [-0.1, -0.05) is 91.9 Å². The van der Waals surface area contributed by atoms with Gasteiger partial charge in [-0.05, 0) is 49.4 Å². The molecule has 3 aromatic rings. The molecule has 8 nitrogen and oxygen atoms in total. The normalized spacial score (nSPS) is 12.6. The summed E-state index contributed by atoms with van der Waals surface area (Å²) in [5.74, 6) is -0.899. The number of carbonyl (C=O) groups is 3. The van der Waals surface area contributed by atoms with E-state index in [0.717, 1.165) is 23.1 Å². The van der Waals surface area contributed by atoms with Gasteiger partial charge in [0, 0.05) is 19.5 Å². The minimum Gasteiger partial charge on any atom is -0.444 e. The average molecular weight is 560 g/mol. The topological polar surface area (TPSA) is 108 Å². The third kappa shape index (κ3) is 9.76. The number of aryl methyl sites for hydroxylation is 1. The molecule has 0 saturated heterocycles. The zero-order valence-electron chi connectivity index (χ0n) is 24.3. The molecule has 41 heavy (non-hydrogen) atoms. The molecular weight excluding hydrogens is 518 g/mol. The van der Waals surface area contributed by atoms with Gasteiger partial charge in [0.2, 0.25) is 11.8 Å². The Kier molecular flexibility index (Phi) is 11.5. The Morgan fingerprint density at radius 1 is 0.854 bits per heavy atom. The van der Waals surface area contributed by atoms with Gasteiger partial charge in [-0.15, -0.1) is 0 Å². The summed E-state index contributed by atoms with van der Waals surface area (Å²) in [6.45, 7) is 7.05. The van der Waals surface area contributed by atoms with Crippen molar-refractivity contribution in [2.24, 2.45) is 0 Å². The van der Waals surface area contributed by atoms with Crippen molar-refractivity contribution in [1.29, 1.82) is 0 Å². The molecule has 3 N–H and O–H groups in total. The van der Waals surface area contributed by atoms with Crippen molar-refractivity contribution in [1.82, 2.24) is 15.5 Å². The van der Waals surface area contributed by atoms with E-state index in [0.29, 0.717) is 5.56 Å². The molecule has 2 atom stereocenters. The van der Waals surface area contributed by atoms with Gasteiger partial charge in [0.25, 0.3) is 0 Å². The van der Waals surface area contributed by atoms with Crippen molar-refractivity contribution in [2.45, 2.75) is 64.8 Å². The van der Waals surface area contributed by atoms with Crippen LogP contribution in [0.25, 0.3) is 0 Å². The molecule has 0 fully saturated rings. The van der Waals surface area contributed by atoms with Gasteiger partial charge >= 0.3 is 6.09 Å². The maximum Gasteiger partial charge on any atom is 0.408 e. The summed E-state index contributed by atoms with van der Waals surface area (Å²) >= 11 is 0. The van der Waals surface area contributed by atoms with Crippen LogP contribution in [0, 0.1) is 0 Å². The van der Waals surface area contributed by atoms with Gasteiger partial charge in [-0.2, -0.15) is 0 Å². The van der Waals surface area contributed by atoms with Crippen LogP contribution in [0.1, 0.15) is 56.0 Å². The fraction of sp³-hybridized carbons (Fsp3) is 0.364. The lowest BCUT2D eigenvalue weighted by molar-refractivity contribution is -0.143. The number of rotatable bonds is 12. The lowest BCUT2D eigenvalue weighted by Gasteiger charge is -2.34. The third-order valence-corrected chi connectivity index (χ3v) is 6.47. The molecule has 0 bridgehead atoms. The monoisotopic (exact) mass is 559 g/mol. The molecule has 0 heterocycles. The number of amides is 3. The van der Waals surface area contributed by atoms with Crippen LogP contribution in [0.5, 0.6) is 0 Å². The number of nitrogens with one attached hydrogen (secondary N) is 2. The molecule has 8 heteroatoms. The van der Waals surface area contributed by atoms with Crippen molar-refractivity contribution < 1.29 is 24.2 Å². The molecule has 3 rings (SSSR count). The molecule has 218 valence electrons. The highest BCUT2D eigenvalue weighted by Gasteiger charge is 2.36. The largest absolute Gasteiger partial charge is 0.444 e. The van der Waals surface area contributed by atoms with E-state index in [1.807, 2.05) is 91.9 Å². The standard InChI is InChI=1S/C33H41N3O5/c1-5-24-16-18-27(19-17-24)29(30(38)34-23-26-14-10-7-11-15-26)36(20-21-37)31(39)28(22-25-12-8-6-9-13-25)35-32(40)41-33(2,3)4/h6-19,28-29,37H,5,20-23H2,1-4H3,(H,34,38)(H,35,40). The molecular formula is C33H41N3O5. The Bertz CT molecular complexity index is 1260. The maximum absolute atomic E-state index is 14.2. The fourth-order valence-electron chi connectivity index (χ4n) is 4.46. The van der Waals surface area contributed by atoms with E-state index < -0.39 is 35.6 Å². The first-order valence-corrected chi connectivity index (χ1v) is 14.0. The van der Waals surface area contributed by atoms with Gasteiger partial charge in [0.05, 0.1) is 6.61 Å². The van der Waals surface area contributed by atoms with Crippen molar-refractivity contribution in [3.63, 3.8) is 0 Å². The number of ether oxygens (including phenoxy) is 1. The molecule has 0 aromatic heterocycles. The van der Waals surface area contributed by atoms with E-state index in [1.54, 1.807) is 20.8 Å². The predicted molar refractivity (Wildman–Crippen MR) is 159 cm³/mol. The second-order valence-corrected chi connectivity index (χ2v) is 10.8. The van der Waals surface area contributed by atoms with Gasteiger partial charge < -0.3 is 25.4 Å². The highest BCUT2D eigenvalue weighted by molar-refractivity contribution is 5.92. The fourth-order valence-corrected chi connectivity index (χ4v) is 4.46. The van der Waals surface area contributed by atoms with Crippen LogP contribution in [-0.2, 0) is 33.7 Å². The quantitative estimate of drug-likeness (QED) is 0.302. The highest BCUT2D eigenvalue weighted by Crippen LogP contribution is 2.24. The lowest BCUT2D eigenvalue weighted by atomic mass is 9.99. The minimum atomic E-state index is -1.04. The molecule has 0 aliphatic rings. The highest BCUT2D eigenvalue weighted by atomic mass is 16.6. The van der Waals surface area contributed by atoms with Gasteiger partial charge in [0.15, 0.2) is 0 Å². The number of alkyl carbamates (subject to hydrolysis) is 1. The van der Waals surface area contributed by atoms with Crippen molar-refractivity contribution in [2.75, 3.05) is 13.2 Å². The summed E-state index contributed by atoms with van der Waals surface area (Å²) < 4.78 is 5.45. The van der Waals surface area contributed by atoms with Crippen molar-refractivity contribution >= 4 is 17.9 Å². The number of hydrogen-bond acceptors (Lipinski definition) is 5. The van der Waals surface area contributed by atoms with Crippen LogP contribution in [0.2, 0.25) is 0 Å². The minimum absolute atomic E-state index is 0.112. The van der Waals surface area contributed by atoms with Gasteiger partial charge in [0.1, 0.15) is 17.7 Å². The van der Waals surface area contributed by atoms with E-state index in [2.05, 4.69) is 10.6 Å². The Labute approximate surface area is 242 Å². The summed E-state index contributed by atoms with van der Waals surface area (Å²) in [6, 6.07) is 24.2. The number of aliphatic hydroxyl groups is 1. The number of carbonyl (C=O) groups excluding carboxylic acids is 3. The molecule has 3 aromatic carbocycles. The lowest BCUT2D eigenvalue weighted by Crippen LogP contribution is -2.54. The van der Waals surface area contributed by atoms with E-state index in [4.69, 9.17) is 4.74 Å². The summed E-state index contributed by atoms with van der Waals surface area (Å²) in [6.07, 6.45) is 0.255. The van der Waals surface area contributed by atoms with Crippen LogP contribution in [0.3, 0.4) is 0 Å². The second-order valence-electron chi connectivity index (χ2n) is 10.8. The summed E-state index contributed by atoms with van der Waals surface area (Å²) in [5, 5.41) is 15.7. The smallest absolute Gasteiger partial charge is 0.408 e. The van der Waals surface area contributed by atoms with Crippen LogP contribution < -0.4 is 10.6 Å². The zero-order chi connectivity index (χ0) is 29.8. The van der Waals surface area contributed by atoms with Crippen LogP contribution in [-0.4, -0.2) is 52.7 Å². The summed E-state index contributed by atoms with van der Waals surface area (Å²) in [4.78, 5) is 42.2. The zero-order valence-corrected chi connectivity index (χ0v) is 24.3. The SMILES string of the molecule is CCc1ccc(C(C(=O)NCc2ccccc2)N(CCO)C(=O)C(Cc2ccccc2)NC(=O)OC(C)(C)C)cc1. The molecule has 0 aliphatic heterocycles. The van der Waals surface area contributed by atoms with Crippen LogP contribution in [0.15, 0.2) is 84.9 Å². The Morgan fingerprint density at radius 2 is 1.44 bits per heavy atom. The van der Waals surface area contributed by atoms with Crippen LogP contribution in [0.4, 0.5) is 4.79 Å². The third-order valence-electron chi connectivity index (χ3n) is 6.47. The number of nitrogens with zero attached hydrogens (tertiary/aromatic N) is 1. The molecule has 0 radical (unpaired) electrons. The van der Waals surface area contributed by atoms with Gasteiger partial charge in [-0.25, -0.2) is 4.79 Å². The molecule has 2 unspecified atom stereocenters. The van der Waals surface area contributed by atoms with E-state index >= 15 is 0 Å². The van der Waals surface area contributed by atoms with E-state index in [1.165, 1.54) is 4.90 Å². The first kappa shape index (κ1) is 31.4. The molecule has 3 amide bonds. The average Bonchev–Trinajstić information content (AvgIpc) is 2.95. The van der Waals surface area contributed by atoms with Gasteiger partial charge in [-0.3, -0.25) is 9.59 Å². The van der Waals surface area contributed by atoms with E-state index in [-0.39, 0.29) is 26.1 Å². The number of benzene rings is 3. The molecule has 0 spiro atoms. The summed E-state index contributed by atoms with van der Waals surface area (Å²) in [7, 11) is 0. The Hall–Kier alpha value is -4.17. The summed E-state index contributed by atoms with van der Waals surface area (Å²) in [5.41, 5.74) is 2.66.